The Labute approximate surface area is 94.6 Å². The fourth-order valence-electron chi connectivity index (χ4n) is 2.54. The van der Waals surface area contributed by atoms with Crippen LogP contribution in [0.2, 0.25) is 0 Å². The molecule has 1 saturated carbocycles. The van der Waals surface area contributed by atoms with Crippen LogP contribution in [0.3, 0.4) is 0 Å². The van der Waals surface area contributed by atoms with Crippen LogP contribution in [0.15, 0.2) is 0 Å². The Morgan fingerprint density at radius 1 is 1.44 bits per heavy atom. The summed E-state index contributed by atoms with van der Waals surface area (Å²) in [5.41, 5.74) is 0. The van der Waals surface area contributed by atoms with Crippen molar-refractivity contribution in [2.75, 3.05) is 6.61 Å². The molecule has 0 aromatic carbocycles. The molecule has 5 nitrogen and oxygen atoms in total. The lowest BCUT2D eigenvalue weighted by Crippen LogP contribution is -2.47. The second kappa shape index (κ2) is 4.82. The summed E-state index contributed by atoms with van der Waals surface area (Å²) >= 11 is 0. The number of carbonyl (C=O) groups is 2. The third kappa shape index (κ3) is 2.35. The highest BCUT2D eigenvalue weighted by molar-refractivity contribution is 5.90. The van der Waals surface area contributed by atoms with Crippen molar-refractivity contribution in [2.45, 2.75) is 44.2 Å². The minimum absolute atomic E-state index is 0.0507. The molecule has 0 spiro atoms. The van der Waals surface area contributed by atoms with Gasteiger partial charge < -0.3 is 15.7 Å². The van der Waals surface area contributed by atoms with E-state index in [-0.39, 0.29) is 36.4 Å². The number of hydrogen-bond acceptors (Lipinski definition) is 3. The first-order valence-corrected chi connectivity index (χ1v) is 5.91. The van der Waals surface area contributed by atoms with Gasteiger partial charge in [0.05, 0.1) is 0 Å². The van der Waals surface area contributed by atoms with Gasteiger partial charge >= 0.3 is 0 Å². The normalized spacial score (nSPS) is 33.8. The maximum Gasteiger partial charge on any atom is 0.242 e. The summed E-state index contributed by atoms with van der Waals surface area (Å²) in [5, 5.41) is 14.7. The molecule has 0 bridgehead atoms. The van der Waals surface area contributed by atoms with Gasteiger partial charge in [-0.25, -0.2) is 0 Å². The van der Waals surface area contributed by atoms with E-state index in [1.807, 2.05) is 0 Å². The molecular formula is C11H18N2O3. The molecule has 2 fully saturated rings. The lowest BCUT2D eigenvalue weighted by molar-refractivity contribution is -0.126. The molecule has 90 valence electrons. The molecule has 1 saturated heterocycles. The predicted octanol–water partition coefficient (Wildman–Crippen LogP) is -0.458. The molecule has 2 amide bonds. The van der Waals surface area contributed by atoms with Crippen molar-refractivity contribution >= 4 is 11.8 Å². The topological polar surface area (TPSA) is 78.4 Å². The number of amides is 2. The fourth-order valence-corrected chi connectivity index (χ4v) is 2.54. The molecule has 3 atom stereocenters. The van der Waals surface area contributed by atoms with Gasteiger partial charge in [-0.15, -0.1) is 0 Å². The molecule has 1 aliphatic heterocycles. The van der Waals surface area contributed by atoms with E-state index in [4.69, 9.17) is 5.11 Å². The first kappa shape index (κ1) is 11.4. The monoisotopic (exact) mass is 226 g/mol. The number of nitrogens with one attached hydrogen (secondary N) is 2. The molecule has 1 heterocycles. The summed E-state index contributed by atoms with van der Waals surface area (Å²) in [6.07, 6.45) is 3.97. The van der Waals surface area contributed by atoms with Crippen LogP contribution in [-0.4, -0.2) is 35.6 Å². The van der Waals surface area contributed by atoms with E-state index in [1.165, 1.54) is 0 Å². The SMILES string of the molecule is O=C1CCC(C(=O)NC2CCCC2CO)N1. The Morgan fingerprint density at radius 2 is 2.25 bits per heavy atom. The van der Waals surface area contributed by atoms with Crippen LogP contribution in [-0.2, 0) is 9.59 Å². The average molecular weight is 226 g/mol. The molecule has 2 rings (SSSR count). The molecule has 16 heavy (non-hydrogen) atoms. The minimum Gasteiger partial charge on any atom is -0.396 e. The number of carbonyl (C=O) groups excluding carboxylic acids is 2. The second-order valence-corrected chi connectivity index (χ2v) is 4.65. The Hall–Kier alpha value is -1.10. The summed E-state index contributed by atoms with van der Waals surface area (Å²) in [5.74, 6) is 0.0301. The molecule has 3 N–H and O–H groups in total. The molecular weight excluding hydrogens is 208 g/mol. The van der Waals surface area contributed by atoms with Gasteiger partial charge in [0.15, 0.2) is 0 Å². The second-order valence-electron chi connectivity index (χ2n) is 4.65. The first-order valence-electron chi connectivity index (χ1n) is 5.91. The lowest BCUT2D eigenvalue weighted by Gasteiger charge is -2.21. The molecule has 1 aliphatic carbocycles. The van der Waals surface area contributed by atoms with Gasteiger partial charge in [0.2, 0.25) is 11.8 Å². The number of rotatable bonds is 3. The summed E-state index contributed by atoms with van der Waals surface area (Å²) in [6, 6.07) is -0.289. The molecule has 0 aromatic heterocycles. The van der Waals surface area contributed by atoms with Crippen molar-refractivity contribution in [3.05, 3.63) is 0 Å². The van der Waals surface area contributed by atoms with Gasteiger partial charge in [0.1, 0.15) is 6.04 Å². The highest BCUT2D eigenvalue weighted by Crippen LogP contribution is 2.25. The van der Waals surface area contributed by atoms with Crippen LogP contribution >= 0.6 is 0 Å². The van der Waals surface area contributed by atoms with E-state index >= 15 is 0 Å². The average Bonchev–Trinajstić information content (AvgIpc) is 2.86. The number of hydrogen-bond donors (Lipinski definition) is 3. The quantitative estimate of drug-likeness (QED) is 0.609. The van der Waals surface area contributed by atoms with Crippen molar-refractivity contribution in [2.24, 2.45) is 5.92 Å². The largest absolute Gasteiger partial charge is 0.396 e. The van der Waals surface area contributed by atoms with Gasteiger partial charge in [-0.1, -0.05) is 6.42 Å². The standard InChI is InChI=1S/C11H18N2O3/c14-6-7-2-1-3-8(7)13-11(16)9-4-5-10(15)12-9/h7-9,14H,1-6H2,(H,12,15)(H,13,16). The minimum atomic E-state index is -0.368. The van der Waals surface area contributed by atoms with Crippen molar-refractivity contribution in [3.8, 4) is 0 Å². The predicted molar refractivity (Wildman–Crippen MR) is 57.5 cm³/mol. The van der Waals surface area contributed by atoms with Gasteiger partial charge in [-0.2, -0.15) is 0 Å². The van der Waals surface area contributed by atoms with Crippen molar-refractivity contribution in [1.82, 2.24) is 10.6 Å². The zero-order chi connectivity index (χ0) is 11.5. The zero-order valence-corrected chi connectivity index (χ0v) is 9.24. The fraction of sp³-hybridized carbons (Fsp3) is 0.818. The van der Waals surface area contributed by atoms with E-state index in [2.05, 4.69) is 10.6 Å². The third-order valence-electron chi connectivity index (χ3n) is 3.53. The zero-order valence-electron chi connectivity index (χ0n) is 9.24. The Kier molecular flexibility index (Phi) is 3.43. The van der Waals surface area contributed by atoms with E-state index < -0.39 is 0 Å². The number of aliphatic hydroxyl groups is 1. The van der Waals surface area contributed by atoms with Crippen molar-refractivity contribution in [3.63, 3.8) is 0 Å². The maximum absolute atomic E-state index is 11.8. The van der Waals surface area contributed by atoms with Crippen LogP contribution in [0.25, 0.3) is 0 Å². The van der Waals surface area contributed by atoms with E-state index in [1.54, 1.807) is 0 Å². The van der Waals surface area contributed by atoms with Gasteiger partial charge in [0.25, 0.3) is 0 Å². The molecule has 0 radical (unpaired) electrons. The molecule has 3 unspecified atom stereocenters. The molecule has 2 aliphatic rings. The summed E-state index contributed by atoms with van der Waals surface area (Å²) in [6.45, 7) is 0.127. The van der Waals surface area contributed by atoms with Crippen LogP contribution in [0.4, 0.5) is 0 Å². The van der Waals surface area contributed by atoms with Crippen LogP contribution in [0.1, 0.15) is 32.1 Å². The summed E-state index contributed by atoms with van der Waals surface area (Å²) in [4.78, 5) is 22.8. The Balaban J connectivity index is 1.84. The highest BCUT2D eigenvalue weighted by Gasteiger charge is 2.32. The Morgan fingerprint density at radius 3 is 2.88 bits per heavy atom. The third-order valence-corrected chi connectivity index (χ3v) is 3.53. The lowest BCUT2D eigenvalue weighted by atomic mass is 10.0. The highest BCUT2D eigenvalue weighted by atomic mass is 16.3. The van der Waals surface area contributed by atoms with Gasteiger partial charge in [-0.05, 0) is 19.3 Å². The number of aliphatic hydroxyl groups excluding tert-OH is 1. The van der Waals surface area contributed by atoms with Crippen LogP contribution < -0.4 is 10.6 Å². The van der Waals surface area contributed by atoms with E-state index in [0.717, 1.165) is 19.3 Å². The van der Waals surface area contributed by atoms with Gasteiger partial charge in [0, 0.05) is 25.0 Å². The van der Waals surface area contributed by atoms with Crippen molar-refractivity contribution < 1.29 is 14.7 Å². The van der Waals surface area contributed by atoms with Crippen molar-refractivity contribution in [1.29, 1.82) is 0 Å². The van der Waals surface area contributed by atoms with Crippen LogP contribution in [0, 0.1) is 5.92 Å². The first-order chi connectivity index (χ1) is 7.70. The molecule has 5 heteroatoms. The van der Waals surface area contributed by atoms with E-state index in [9.17, 15) is 9.59 Å². The van der Waals surface area contributed by atoms with E-state index in [0.29, 0.717) is 12.8 Å². The van der Waals surface area contributed by atoms with Gasteiger partial charge in [-0.3, -0.25) is 9.59 Å². The van der Waals surface area contributed by atoms with Crippen LogP contribution in [0.5, 0.6) is 0 Å². The maximum atomic E-state index is 11.8. The summed E-state index contributed by atoms with van der Waals surface area (Å²) in [7, 11) is 0. The molecule has 0 aromatic rings. The summed E-state index contributed by atoms with van der Waals surface area (Å²) < 4.78 is 0. The smallest absolute Gasteiger partial charge is 0.242 e. The Bertz CT molecular complexity index is 293.